The summed E-state index contributed by atoms with van der Waals surface area (Å²) in [6.07, 6.45) is 6.45. The van der Waals surface area contributed by atoms with Crippen molar-refractivity contribution in [2.45, 2.75) is 45.6 Å². The van der Waals surface area contributed by atoms with Crippen molar-refractivity contribution in [3.63, 3.8) is 0 Å². The number of nitrogens with one attached hydrogen (secondary N) is 2. The van der Waals surface area contributed by atoms with Gasteiger partial charge < -0.3 is 15.1 Å². The third-order valence-corrected chi connectivity index (χ3v) is 3.46. The molecule has 1 aliphatic rings. The highest BCUT2D eigenvalue weighted by Gasteiger charge is 2.36. The lowest BCUT2D eigenvalue weighted by Gasteiger charge is -2.10. The van der Waals surface area contributed by atoms with E-state index < -0.39 is 0 Å². The van der Waals surface area contributed by atoms with Crippen LogP contribution in [0.2, 0.25) is 0 Å². The fraction of sp³-hybridized carbons (Fsp3) is 0.667. The first-order valence-electron chi connectivity index (χ1n) is 7.40. The largest absolute Gasteiger partial charge is 0.469 e. The molecule has 114 valence electrons. The van der Waals surface area contributed by atoms with Crippen molar-refractivity contribution < 1.29 is 4.42 Å². The smallest absolute Gasteiger partial charge is 0.191 e. The third-order valence-electron chi connectivity index (χ3n) is 3.46. The zero-order valence-electron chi connectivity index (χ0n) is 12.4. The summed E-state index contributed by atoms with van der Waals surface area (Å²) in [5.74, 6) is 2.78. The number of hydrogen-bond donors (Lipinski definition) is 2. The predicted octanol–water partition coefficient (Wildman–Crippen LogP) is 3.18. The SMILES string of the molecule is CCCC1CC1NC(=NCCc1ccco1)NCC.I. The minimum atomic E-state index is 0. The average molecular weight is 391 g/mol. The van der Waals surface area contributed by atoms with Gasteiger partial charge in [-0.15, -0.1) is 24.0 Å². The van der Waals surface area contributed by atoms with Gasteiger partial charge >= 0.3 is 0 Å². The minimum Gasteiger partial charge on any atom is -0.469 e. The second-order valence-electron chi connectivity index (χ2n) is 5.13. The van der Waals surface area contributed by atoms with Crippen molar-refractivity contribution in [1.29, 1.82) is 0 Å². The van der Waals surface area contributed by atoms with Crippen LogP contribution in [0, 0.1) is 5.92 Å². The first-order chi connectivity index (χ1) is 9.33. The second-order valence-corrected chi connectivity index (χ2v) is 5.13. The van der Waals surface area contributed by atoms with Crippen LogP contribution in [0.3, 0.4) is 0 Å². The lowest BCUT2D eigenvalue weighted by atomic mass is 10.2. The van der Waals surface area contributed by atoms with Gasteiger partial charge in [0, 0.05) is 25.6 Å². The zero-order valence-corrected chi connectivity index (χ0v) is 14.7. The maximum absolute atomic E-state index is 5.31. The van der Waals surface area contributed by atoms with Crippen LogP contribution in [0.15, 0.2) is 27.8 Å². The quantitative estimate of drug-likeness (QED) is 0.427. The summed E-state index contributed by atoms with van der Waals surface area (Å²) in [6.45, 7) is 6.00. The Bertz CT molecular complexity index is 392. The molecule has 5 heteroatoms. The summed E-state index contributed by atoms with van der Waals surface area (Å²) in [5, 5.41) is 6.82. The van der Waals surface area contributed by atoms with E-state index in [-0.39, 0.29) is 24.0 Å². The van der Waals surface area contributed by atoms with Crippen LogP contribution in [0.5, 0.6) is 0 Å². The van der Waals surface area contributed by atoms with Crippen molar-refractivity contribution in [1.82, 2.24) is 10.6 Å². The van der Waals surface area contributed by atoms with Gasteiger partial charge in [-0.25, -0.2) is 0 Å². The fourth-order valence-corrected chi connectivity index (χ4v) is 2.34. The van der Waals surface area contributed by atoms with Gasteiger partial charge in [-0.2, -0.15) is 0 Å². The number of nitrogens with zero attached hydrogens (tertiary/aromatic N) is 1. The molecule has 2 N–H and O–H groups in total. The van der Waals surface area contributed by atoms with Crippen LogP contribution >= 0.6 is 24.0 Å². The monoisotopic (exact) mass is 391 g/mol. The topological polar surface area (TPSA) is 49.6 Å². The number of hydrogen-bond acceptors (Lipinski definition) is 2. The van der Waals surface area contributed by atoms with Crippen LogP contribution < -0.4 is 10.6 Å². The normalized spacial score (nSPS) is 21.2. The maximum atomic E-state index is 5.31. The molecule has 4 nitrogen and oxygen atoms in total. The van der Waals surface area contributed by atoms with Crippen molar-refractivity contribution in [2.24, 2.45) is 10.9 Å². The molecule has 2 unspecified atom stereocenters. The van der Waals surface area contributed by atoms with Crippen molar-refractivity contribution >= 4 is 29.9 Å². The predicted molar refractivity (Wildman–Crippen MR) is 93.7 cm³/mol. The van der Waals surface area contributed by atoms with Gasteiger partial charge in [-0.3, -0.25) is 4.99 Å². The molecule has 2 rings (SSSR count). The molecule has 0 bridgehead atoms. The Morgan fingerprint density at radius 1 is 1.45 bits per heavy atom. The molecule has 0 saturated heterocycles. The minimum absolute atomic E-state index is 0. The molecule has 0 radical (unpaired) electrons. The molecule has 1 aliphatic carbocycles. The van der Waals surface area contributed by atoms with E-state index in [1.165, 1.54) is 19.3 Å². The maximum Gasteiger partial charge on any atom is 0.191 e. The van der Waals surface area contributed by atoms with Gasteiger partial charge in [0.05, 0.1) is 6.26 Å². The molecule has 1 aromatic heterocycles. The average Bonchev–Trinajstić information content (AvgIpc) is 2.91. The summed E-state index contributed by atoms with van der Waals surface area (Å²) in [5.41, 5.74) is 0. The summed E-state index contributed by atoms with van der Waals surface area (Å²) in [6, 6.07) is 4.54. The molecule has 2 atom stereocenters. The molecule has 0 amide bonds. The fourth-order valence-electron chi connectivity index (χ4n) is 2.34. The Hall–Kier alpha value is -0.720. The number of rotatable bonds is 7. The molecule has 1 heterocycles. The zero-order chi connectivity index (χ0) is 13.5. The van der Waals surface area contributed by atoms with Crippen LogP contribution in [0.25, 0.3) is 0 Å². The number of furan rings is 1. The molecular weight excluding hydrogens is 365 g/mol. The van der Waals surface area contributed by atoms with E-state index >= 15 is 0 Å². The highest BCUT2D eigenvalue weighted by molar-refractivity contribution is 14.0. The molecule has 0 aromatic carbocycles. The Labute approximate surface area is 138 Å². The van der Waals surface area contributed by atoms with Gasteiger partial charge in [0.2, 0.25) is 0 Å². The first kappa shape index (κ1) is 17.3. The molecule has 1 aromatic rings. The van der Waals surface area contributed by atoms with E-state index in [4.69, 9.17) is 4.42 Å². The van der Waals surface area contributed by atoms with Crippen LogP contribution in [-0.4, -0.2) is 25.1 Å². The summed E-state index contributed by atoms with van der Waals surface area (Å²) >= 11 is 0. The Morgan fingerprint density at radius 2 is 2.30 bits per heavy atom. The Kier molecular flexibility index (Phi) is 8.02. The van der Waals surface area contributed by atoms with E-state index in [2.05, 4.69) is 29.5 Å². The lowest BCUT2D eigenvalue weighted by Crippen LogP contribution is -2.39. The lowest BCUT2D eigenvalue weighted by molar-refractivity contribution is 0.510. The molecule has 1 saturated carbocycles. The molecule has 0 spiro atoms. The van der Waals surface area contributed by atoms with E-state index in [0.717, 1.165) is 37.1 Å². The third kappa shape index (κ3) is 5.73. The van der Waals surface area contributed by atoms with Gasteiger partial charge in [-0.05, 0) is 37.8 Å². The summed E-state index contributed by atoms with van der Waals surface area (Å²) in [4.78, 5) is 4.60. The molecule has 20 heavy (non-hydrogen) atoms. The highest BCUT2D eigenvalue weighted by atomic mass is 127. The Balaban J connectivity index is 0.00000200. The molecule has 1 fully saturated rings. The van der Waals surface area contributed by atoms with E-state index in [9.17, 15) is 0 Å². The van der Waals surface area contributed by atoms with Crippen molar-refractivity contribution in [3.05, 3.63) is 24.2 Å². The number of aliphatic imine (C=N–C) groups is 1. The summed E-state index contributed by atoms with van der Waals surface area (Å²) in [7, 11) is 0. The standard InChI is InChI=1S/C15H25N3O.HI/c1-3-6-12-11-14(12)18-15(16-4-2)17-9-8-13-7-5-10-19-13;/h5,7,10,12,14H,3-4,6,8-9,11H2,1-2H3,(H2,16,17,18);1H. The first-order valence-corrected chi connectivity index (χ1v) is 7.40. The van der Waals surface area contributed by atoms with Crippen molar-refractivity contribution in [2.75, 3.05) is 13.1 Å². The van der Waals surface area contributed by atoms with E-state index in [1.54, 1.807) is 6.26 Å². The van der Waals surface area contributed by atoms with Crippen molar-refractivity contribution in [3.8, 4) is 0 Å². The number of guanidine groups is 1. The van der Waals surface area contributed by atoms with E-state index in [0.29, 0.717) is 6.04 Å². The van der Waals surface area contributed by atoms with Crippen LogP contribution in [0.4, 0.5) is 0 Å². The second kappa shape index (κ2) is 9.26. The highest BCUT2D eigenvalue weighted by Crippen LogP contribution is 2.34. The molecule has 0 aliphatic heterocycles. The van der Waals surface area contributed by atoms with Gasteiger partial charge in [0.1, 0.15) is 5.76 Å². The summed E-state index contributed by atoms with van der Waals surface area (Å²) < 4.78 is 5.31. The van der Waals surface area contributed by atoms with Gasteiger partial charge in [0.15, 0.2) is 5.96 Å². The van der Waals surface area contributed by atoms with Crippen LogP contribution in [0.1, 0.15) is 38.9 Å². The van der Waals surface area contributed by atoms with Gasteiger partial charge in [0.25, 0.3) is 0 Å². The number of halogens is 1. The van der Waals surface area contributed by atoms with Gasteiger partial charge in [-0.1, -0.05) is 13.3 Å². The Morgan fingerprint density at radius 3 is 2.95 bits per heavy atom. The van der Waals surface area contributed by atoms with Crippen LogP contribution in [-0.2, 0) is 6.42 Å². The van der Waals surface area contributed by atoms with E-state index in [1.807, 2.05) is 12.1 Å². The molecular formula is C15H26IN3O.